The Balaban J connectivity index is 2.04. The topological polar surface area (TPSA) is 90.9 Å². The van der Waals surface area contributed by atoms with Crippen molar-refractivity contribution in [3.63, 3.8) is 0 Å². The molecule has 0 saturated carbocycles. The smallest absolute Gasteiger partial charge is 0.225 e. The van der Waals surface area contributed by atoms with Crippen molar-refractivity contribution in [2.75, 3.05) is 6.61 Å². The summed E-state index contributed by atoms with van der Waals surface area (Å²) in [6.07, 6.45) is 0.242. The maximum Gasteiger partial charge on any atom is 0.225 e. The minimum absolute atomic E-state index is 0.147. The lowest BCUT2D eigenvalue weighted by molar-refractivity contribution is -0.121. The fourth-order valence-electron chi connectivity index (χ4n) is 2.18. The molecular formula is C15H22N4O2S. The van der Waals surface area contributed by atoms with Crippen molar-refractivity contribution in [2.45, 2.75) is 46.1 Å². The number of hydrogen-bond donors (Lipinski definition) is 3. The Kier molecular flexibility index (Phi) is 5.31. The minimum Gasteiger partial charge on any atom is -0.394 e. The van der Waals surface area contributed by atoms with Crippen molar-refractivity contribution < 1.29 is 9.90 Å². The van der Waals surface area contributed by atoms with E-state index in [0.29, 0.717) is 11.6 Å². The van der Waals surface area contributed by atoms with Crippen LogP contribution in [0, 0.1) is 13.8 Å². The normalized spacial score (nSPS) is 12.6. The molecule has 0 aromatic carbocycles. The Labute approximate surface area is 134 Å². The van der Waals surface area contributed by atoms with E-state index in [0.717, 1.165) is 22.0 Å². The van der Waals surface area contributed by atoms with Gasteiger partial charge in [0, 0.05) is 22.6 Å². The third-order valence-corrected chi connectivity index (χ3v) is 4.69. The van der Waals surface area contributed by atoms with E-state index in [1.165, 1.54) is 0 Å². The molecule has 2 heterocycles. The molecule has 22 heavy (non-hydrogen) atoms. The lowest BCUT2D eigenvalue weighted by Gasteiger charge is -2.14. The second-order valence-electron chi connectivity index (χ2n) is 5.66. The lowest BCUT2D eigenvalue weighted by Crippen LogP contribution is -2.32. The van der Waals surface area contributed by atoms with Crippen LogP contribution in [0.3, 0.4) is 0 Å². The molecule has 0 aliphatic rings. The number of carbonyl (C=O) groups is 1. The SMILES string of the molecule is Cc1n[nH]c(C)c1CC(=O)NC(CO)c1csc(C(C)C)n1. The van der Waals surface area contributed by atoms with Gasteiger partial charge in [-0.25, -0.2) is 4.98 Å². The van der Waals surface area contributed by atoms with Crippen molar-refractivity contribution >= 4 is 17.2 Å². The van der Waals surface area contributed by atoms with E-state index in [-0.39, 0.29) is 18.9 Å². The van der Waals surface area contributed by atoms with Crippen molar-refractivity contribution in [1.29, 1.82) is 0 Å². The molecule has 2 aromatic rings. The number of aromatic amines is 1. The molecule has 6 nitrogen and oxygen atoms in total. The van der Waals surface area contributed by atoms with E-state index in [1.54, 1.807) is 11.3 Å². The quantitative estimate of drug-likeness (QED) is 0.758. The van der Waals surface area contributed by atoms with Crippen molar-refractivity contribution in [2.24, 2.45) is 0 Å². The van der Waals surface area contributed by atoms with Crippen LogP contribution in [0.1, 0.15) is 53.5 Å². The largest absolute Gasteiger partial charge is 0.394 e. The van der Waals surface area contributed by atoms with E-state index >= 15 is 0 Å². The summed E-state index contributed by atoms with van der Waals surface area (Å²) in [6.45, 7) is 7.72. The number of amides is 1. The third kappa shape index (κ3) is 3.72. The molecular weight excluding hydrogens is 300 g/mol. The molecule has 120 valence electrons. The molecule has 2 aromatic heterocycles. The van der Waals surface area contributed by atoms with Crippen LogP contribution in [-0.4, -0.2) is 32.8 Å². The van der Waals surface area contributed by atoms with Crippen LogP contribution in [0.2, 0.25) is 0 Å². The Morgan fingerprint density at radius 1 is 1.45 bits per heavy atom. The molecule has 1 atom stereocenters. The van der Waals surface area contributed by atoms with Crippen LogP contribution < -0.4 is 5.32 Å². The molecule has 0 saturated heterocycles. The fraction of sp³-hybridized carbons (Fsp3) is 0.533. The summed E-state index contributed by atoms with van der Waals surface area (Å²) in [6, 6.07) is -0.469. The van der Waals surface area contributed by atoms with Gasteiger partial charge in [0.2, 0.25) is 5.91 Å². The number of aliphatic hydroxyl groups excluding tert-OH is 1. The average Bonchev–Trinajstić information content (AvgIpc) is 3.07. The molecule has 0 aliphatic heterocycles. The van der Waals surface area contributed by atoms with Crippen LogP contribution in [0.4, 0.5) is 0 Å². The molecule has 0 spiro atoms. The summed E-state index contributed by atoms with van der Waals surface area (Å²) in [5.41, 5.74) is 3.33. The fourth-order valence-corrected chi connectivity index (χ4v) is 3.07. The van der Waals surface area contributed by atoms with Gasteiger partial charge in [-0.3, -0.25) is 9.89 Å². The molecule has 1 amide bonds. The van der Waals surface area contributed by atoms with Gasteiger partial charge in [0.25, 0.3) is 0 Å². The second-order valence-corrected chi connectivity index (χ2v) is 6.55. The number of aryl methyl sites for hydroxylation is 2. The number of H-pyrrole nitrogens is 1. The zero-order valence-electron chi connectivity index (χ0n) is 13.3. The first-order valence-electron chi connectivity index (χ1n) is 7.28. The van der Waals surface area contributed by atoms with Gasteiger partial charge in [-0.1, -0.05) is 13.8 Å². The standard InChI is InChI=1S/C15H22N4O2S/c1-8(2)15-17-13(7-22-15)12(6-20)16-14(21)5-11-9(3)18-19-10(11)4/h7-8,12,20H,5-6H2,1-4H3,(H,16,21)(H,18,19). The minimum atomic E-state index is -0.469. The number of nitrogens with one attached hydrogen (secondary N) is 2. The predicted octanol–water partition coefficient (Wildman–Crippen LogP) is 2.00. The molecule has 0 fully saturated rings. The van der Waals surface area contributed by atoms with E-state index < -0.39 is 6.04 Å². The van der Waals surface area contributed by atoms with Crippen LogP contribution in [0.5, 0.6) is 0 Å². The summed E-state index contributed by atoms with van der Waals surface area (Å²) in [4.78, 5) is 16.7. The number of nitrogens with zero attached hydrogens (tertiary/aromatic N) is 2. The molecule has 2 rings (SSSR count). The van der Waals surface area contributed by atoms with E-state index in [4.69, 9.17) is 0 Å². The summed E-state index contributed by atoms with van der Waals surface area (Å²) in [5.74, 6) is 0.191. The molecule has 1 unspecified atom stereocenters. The number of hydrogen-bond acceptors (Lipinski definition) is 5. The third-order valence-electron chi connectivity index (χ3n) is 3.53. The van der Waals surface area contributed by atoms with Gasteiger partial charge in [-0.2, -0.15) is 5.10 Å². The number of aliphatic hydroxyl groups is 1. The number of rotatable bonds is 6. The zero-order chi connectivity index (χ0) is 16.3. The van der Waals surface area contributed by atoms with Gasteiger partial charge >= 0.3 is 0 Å². The van der Waals surface area contributed by atoms with Gasteiger partial charge < -0.3 is 10.4 Å². The summed E-state index contributed by atoms with van der Waals surface area (Å²) in [5, 5.41) is 22.2. The van der Waals surface area contributed by atoms with E-state index in [2.05, 4.69) is 34.3 Å². The molecule has 0 radical (unpaired) electrons. The highest BCUT2D eigenvalue weighted by Gasteiger charge is 2.19. The van der Waals surface area contributed by atoms with Crippen LogP contribution in [0.15, 0.2) is 5.38 Å². The Hall–Kier alpha value is -1.73. The molecule has 0 aliphatic carbocycles. The van der Waals surface area contributed by atoms with Crippen LogP contribution in [-0.2, 0) is 11.2 Å². The van der Waals surface area contributed by atoms with Crippen molar-refractivity contribution in [1.82, 2.24) is 20.5 Å². The zero-order valence-corrected chi connectivity index (χ0v) is 14.1. The molecule has 7 heteroatoms. The van der Waals surface area contributed by atoms with E-state index in [1.807, 2.05) is 19.2 Å². The summed E-state index contributed by atoms with van der Waals surface area (Å²) in [7, 11) is 0. The highest BCUT2D eigenvalue weighted by Crippen LogP contribution is 2.23. The highest BCUT2D eigenvalue weighted by atomic mass is 32.1. The average molecular weight is 322 g/mol. The number of aromatic nitrogens is 3. The van der Waals surface area contributed by atoms with Crippen LogP contribution >= 0.6 is 11.3 Å². The van der Waals surface area contributed by atoms with Gasteiger partial charge in [-0.05, 0) is 13.8 Å². The number of carbonyl (C=O) groups excluding carboxylic acids is 1. The highest BCUT2D eigenvalue weighted by molar-refractivity contribution is 7.09. The van der Waals surface area contributed by atoms with Gasteiger partial charge in [-0.15, -0.1) is 11.3 Å². The molecule has 0 bridgehead atoms. The summed E-state index contributed by atoms with van der Waals surface area (Å²) >= 11 is 1.55. The monoisotopic (exact) mass is 322 g/mol. The first-order chi connectivity index (χ1) is 10.4. The first kappa shape index (κ1) is 16.6. The second kappa shape index (κ2) is 7.02. The van der Waals surface area contributed by atoms with Crippen LogP contribution in [0.25, 0.3) is 0 Å². The molecule has 3 N–H and O–H groups in total. The summed E-state index contributed by atoms with van der Waals surface area (Å²) < 4.78 is 0. The first-order valence-corrected chi connectivity index (χ1v) is 8.16. The van der Waals surface area contributed by atoms with Gasteiger partial charge in [0.1, 0.15) is 0 Å². The van der Waals surface area contributed by atoms with Crippen molar-refractivity contribution in [3.05, 3.63) is 33.0 Å². The predicted molar refractivity (Wildman–Crippen MR) is 85.9 cm³/mol. The Morgan fingerprint density at radius 2 is 2.18 bits per heavy atom. The van der Waals surface area contributed by atoms with Gasteiger partial charge in [0.05, 0.1) is 35.5 Å². The lowest BCUT2D eigenvalue weighted by atomic mass is 10.1. The Morgan fingerprint density at radius 3 is 2.68 bits per heavy atom. The number of thiazole rings is 1. The maximum absolute atomic E-state index is 12.2. The van der Waals surface area contributed by atoms with Crippen molar-refractivity contribution in [3.8, 4) is 0 Å². The van der Waals surface area contributed by atoms with E-state index in [9.17, 15) is 9.90 Å². The maximum atomic E-state index is 12.2. The Bertz CT molecular complexity index is 628. The van der Waals surface area contributed by atoms with Gasteiger partial charge in [0.15, 0.2) is 0 Å².